The van der Waals surface area contributed by atoms with Crippen molar-refractivity contribution in [3.8, 4) is 6.07 Å². The molecule has 15 heavy (non-hydrogen) atoms. The van der Waals surface area contributed by atoms with E-state index in [1.54, 1.807) is 18.2 Å². The van der Waals surface area contributed by atoms with Crippen LogP contribution in [-0.4, -0.2) is 18.0 Å². The highest BCUT2D eigenvalue weighted by molar-refractivity contribution is 5.39. The lowest BCUT2D eigenvalue weighted by Crippen LogP contribution is -2.17. The van der Waals surface area contributed by atoms with Gasteiger partial charge in [0, 0.05) is 18.2 Å². The molecule has 78 valence electrons. The van der Waals surface area contributed by atoms with E-state index in [9.17, 15) is 10.1 Å². The highest BCUT2D eigenvalue weighted by Gasteiger charge is 2.10. The normalized spacial score (nSPS) is 9.53. The first-order valence-corrected chi connectivity index (χ1v) is 4.55. The number of nitrogens with zero attached hydrogens (tertiary/aromatic N) is 2. The number of benzene rings is 1. The van der Waals surface area contributed by atoms with Crippen molar-refractivity contribution in [1.29, 1.82) is 5.26 Å². The Labute approximate surface area is 87.5 Å². The maximum absolute atomic E-state index is 10.6. The zero-order valence-corrected chi connectivity index (χ0v) is 8.14. The van der Waals surface area contributed by atoms with E-state index in [1.165, 1.54) is 6.07 Å². The first-order valence-electron chi connectivity index (χ1n) is 4.55. The van der Waals surface area contributed by atoms with Gasteiger partial charge in [-0.05, 0) is 6.42 Å². The molecule has 0 bridgehead atoms. The third-order valence-electron chi connectivity index (χ3n) is 1.96. The van der Waals surface area contributed by atoms with Crippen molar-refractivity contribution in [2.45, 2.75) is 6.42 Å². The van der Waals surface area contributed by atoms with Crippen molar-refractivity contribution in [2.24, 2.45) is 0 Å². The molecule has 0 radical (unpaired) electrons. The monoisotopic (exact) mass is 205 g/mol. The van der Waals surface area contributed by atoms with Gasteiger partial charge in [-0.1, -0.05) is 18.2 Å². The average molecular weight is 205 g/mol. The van der Waals surface area contributed by atoms with Crippen LogP contribution in [0, 0.1) is 21.4 Å². The Bertz CT molecular complexity index is 384. The van der Waals surface area contributed by atoms with Crippen LogP contribution in [0.1, 0.15) is 5.56 Å². The first kappa shape index (κ1) is 11.1. The Hall–Kier alpha value is -1.93. The molecule has 5 nitrogen and oxygen atoms in total. The number of nitro groups is 1. The van der Waals surface area contributed by atoms with Gasteiger partial charge in [0.1, 0.15) is 0 Å². The fraction of sp³-hybridized carbons (Fsp3) is 0.300. The van der Waals surface area contributed by atoms with E-state index in [4.69, 9.17) is 5.26 Å². The number of para-hydroxylation sites is 1. The summed E-state index contributed by atoms with van der Waals surface area (Å²) in [5.74, 6) is 0. The van der Waals surface area contributed by atoms with Gasteiger partial charge in [0.25, 0.3) is 5.69 Å². The van der Waals surface area contributed by atoms with E-state index >= 15 is 0 Å². The largest absolute Gasteiger partial charge is 0.304 e. The van der Waals surface area contributed by atoms with Crippen LogP contribution >= 0.6 is 0 Å². The van der Waals surface area contributed by atoms with Gasteiger partial charge in [-0.25, -0.2) is 0 Å². The smallest absolute Gasteiger partial charge is 0.272 e. The van der Waals surface area contributed by atoms with Crippen molar-refractivity contribution in [2.75, 3.05) is 13.1 Å². The molecule has 0 amide bonds. The number of rotatable bonds is 5. The molecule has 0 spiro atoms. The molecule has 5 heteroatoms. The number of nitrogens with one attached hydrogen (secondary N) is 1. The van der Waals surface area contributed by atoms with Crippen LogP contribution < -0.4 is 5.32 Å². The van der Waals surface area contributed by atoms with Crippen molar-refractivity contribution < 1.29 is 4.92 Å². The molecule has 0 saturated heterocycles. The Balaban J connectivity index is 2.60. The van der Waals surface area contributed by atoms with Crippen LogP contribution in [-0.2, 0) is 6.42 Å². The summed E-state index contributed by atoms with van der Waals surface area (Å²) in [6, 6.07) is 8.57. The maximum atomic E-state index is 10.6. The fourth-order valence-corrected chi connectivity index (χ4v) is 1.27. The lowest BCUT2D eigenvalue weighted by Gasteiger charge is -2.02. The Morgan fingerprint density at radius 1 is 1.47 bits per heavy atom. The fourth-order valence-electron chi connectivity index (χ4n) is 1.27. The molecule has 0 aromatic heterocycles. The summed E-state index contributed by atoms with van der Waals surface area (Å²) in [6.07, 6.45) is 0.554. The van der Waals surface area contributed by atoms with Crippen molar-refractivity contribution >= 4 is 5.69 Å². The molecule has 0 atom stereocenters. The van der Waals surface area contributed by atoms with Crippen LogP contribution in [0.15, 0.2) is 24.3 Å². The second kappa shape index (κ2) is 5.73. The summed E-state index contributed by atoms with van der Waals surface area (Å²) in [4.78, 5) is 10.3. The lowest BCUT2D eigenvalue weighted by atomic mass is 10.1. The minimum atomic E-state index is -0.389. The molecule has 0 heterocycles. The summed E-state index contributed by atoms with van der Waals surface area (Å²) in [6.45, 7) is 0.832. The Morgan fingerprint density at radius 2 is 2.20 bits per heavy atom. The molecule has 0 aliphatic carbocycles. The van der Waals surface area contributed by atoms with Gasteiger partial charge in [0.05, 0.1) is 17.5 Å². The van der Waals surface area contributed by atoms with Gasteiger partial charge in [0.2, 0.25) is 0 Å². The number of nitriles is 1. The van der Waals surface area contributed by atoms with Crippen LogP contribution in [0.3, 0.4) is 0 Å². The molecule has 0 unspecified atom stereocenters. The second-order valence-corrected chi connectivity index (χ2v) is 2.97. The van der Waals surface area contributed by atoms with E-state index < -0.39 is 0 Å². The molecule has 0 saturated carbocycles. The van der Waals surface area contributed by atoms with Gasteiger partial charge in [-0.2, -0.15) is 5.26 Å². The molecule has 1 aromatic carbocycles. The zero-order valence-electron chi connectivity index (χ0n) is 8.14. The number of hydrogen-bond acceptors (Lipinski definition) is 4. The zero-order chi connectivity index (χ0) is 11.1. The Kier molecular flexibility index (Phi) is 4.26. The molecule has 0 aliphatic heterocycles. The van der Waals surface area contributed by atoms with Crippen LogP contribution in [0.4, 0.5) is 5.69 Å². The molecular formula is C10H11N3O2. The van der Waals surface area contributed by atoms with E-state index in [0.717, 1.165) is 0 Å². The maximum Gasteiger partial charge on any atom is 0.272 e. The predicted octanol–water partition coefficient (Wildman–Crippen LogP) is 1.25. The van der Waals surface area contributed by atoms with Crippen LogP contribution in [0.2, 0.25) is 0 Å². The van der Waals surface area contributed by atoms with E-state index in [2.05, 4.69) is 5.32 Å². The second-order valence-electron chi connectivity index (χ2n) is 2.97. The SMILES string of the molecule is N#CCNCCc1ccccc1[N+](=O)[O-]. The molecule has 1 rings (SSSR count). The molecular weight excluding hydrogens is 194 g/mol. The van der Waals surface area contributed by atoms with E-state index in [-0.39, 0.29) is 17.2 Å². The third kappa shape index (κ3) is 3.37. The van der Waals surface area contributed by atoms with Gasteiger partial charge < -0.3 is 5.32 Å². The molecule has 1 aromatic rings. The summed E-state index contributed by atoms with van der Waals surface area (Å²) in [5, 5.41) is 21.8. The van der Waals surface area contributed by atoms with Crippen LogP contribution in [0.25, 0.3) is 0 Å². The van der Waals surface area contributed by atoms with Crippen LogP contribution in [0.5, 0.6) is 0 Å². The minimum Gasteiger partial charge on any atom is -0.304 e. The standard InChI is InChI=1S/C10H11N3O2/c11-6-8-12-7-5-9-3-1-2-4-10(9)13(14)15/h1-4,12H,5,7-8H2. The third-order valence-corrected chi connectivity index (χ3v) is 1.96. The Morgan fingerprint density at radius 3 is 2.87 bits per heavy atom. The number of nitro benzene ring substituents is 1. The molecule has 0 aliphatic rings. The summed E-state index contributed by atoms with van der Waals surface area (Å²) >= 11 is 0. The minimum absolute atomic E-state index is 0.135. The van der Waals surface area contributed by atoms with Gasteiger partial charge >= 0.3 is 0 Å². The summed E-state index contributed by atoms with van der Waals surface area (Å²) < 4.78 is 0. The summed E-state index contributed by atoms with van der Waals surface area (Å²) in [5.41, 5.74) is 0.823. The van der Waals surface area contributed by atoms with E-state index in [0.29, 0.717) is 18.5 Å². The van der Waals surface area contributed by atoms with Gasteiger partial charge in [0.15, 0.2) is 0 Å². The summed E-state index contributed by atoms with van der Waals surface area (Å²) in [7, 11) is 0. The van der Waals surface area contributed by atoms with E-state index in [1.807, 2.05) is 6.07 Å². The lowest BCUT2D eigenvalue weighted by molar-refractivity contribution is -0.385. The topological polar surface area (TPSA) is 79.0 Å². The van der Waals surface area contributed by atoms with Crippen molar-refractivity contribution in [3.63, 3.8) is 0 Å². The van der Waals surface area contributed by atoms with Crippen molar-refractivity contribution in [1.82, 2.24) is 5.32 Å². The van der Waals surface area contributed by atoms with Gasteiger partial charge in [-0.15, -0.1) is 0 Å². The molecule has 1 N–H and O–H groups in total. The van der Waals surface area contributed by atoms with Gasteiger partial charge in [-0.3, -0.25) is 10.1 Å². The number of hydrogen-bond donors (Lipinski definition) is 1. The first-order chi connectivity index (χ1) is 7.25. The predicted molar refractivity (Wildman–Crippen MR) is 55.3 cm³/mol. The average Bonchev–Trinajstić information content (AvgIpc) is 2.25. The quantitative estimate of drug-likeness (QED) is 0.339. The van der Waals surface area contributed by atoms with Crippen molar-refractivity contribution in [3.05, 3.63) is 39.9 Å². The molecule has 0 fully saturated rings. The highest BCUT2D eigenvalue weighted by Crippen LogP contribution is 2.17. The highest BCUT2D eigenvalue weighted by atomic mass is 16.6.